The van der Waals surface area contributed by atoms with Gasteiger partial charge in [0.15, 0.2) is 6.33 Å². The Morgan fingerprint density at radius 3 is 2.89 bits per heavy atom. The Labute approximate surface area is 103 Å². The highest BCUT2D eigenvalue weighted by atomic mass is 16.5. The highest BCUT2D eigenvalue weighted by Crippen LogP contribution is 2.26. The minimum absolute atomic E-state index is 0.0597. The van der Waals surface area contributed by atoms with Crippen LogP contribution in [0.3, 0.4) is 0 Å². The summed E-state index contributed by atoms with van der Waals surface area (Å²) < 4.78 is 4.78. The molecule has 1 aromatic rings. The maximum absolute atomic E-state index is 11.8. The molecule has 0 aromatic carbocycles. The number of carbonyl (C=O) groups excluding carboxylic acids is 1. The minimum atomic E-state index is -1.01. The van der Waals surface area contributed by atoms with E-state index in [1.54, 1.807) is 0 Å². The maximum Gasteiger partial charge on any atom is 0.323 e. The van der Waals surface area contributed by atoms with Crippen molar-refractivity contribution in [3.63, 3.8) is 0 Å². The van der Waals surface area contributed by atoms with Gasteiger partial charge in [0, 0.05) is 19.0 Å². The van der Waals surface area contributed by atoms with Gasteiger partial charge in [0.25, 0.3) is 0 Å². The summed E-state index contributed by atoms with van der Waals surface area (Å²) >= 11 is 0. The van der Waals surface area contributed by atoms with Crippen LogP contribution in [0.4, 0.5) is 4.79 Å². The van der Waals surface area contributed by atoms with Crippen LogP contribution in [0.25, 0.3) is 0 Å². The first-order valence-corrected chi connectivity index (χ1v) is 5.68. The minimum Gasteiger partial charge on any atom is -0.480 e. The maximum atomic E-state index is 11.8. The van der Waals surface area contributed by atoms with E-state index in [0.29, 0.717) is 18.9 Å². The number of aliphatic carboxylic acids is 1. The fraction of sp³-hybridized carbons (Fsp3) is 0.600. The highest BCUT2D eigenvalue weighted by molar-refractivity contribution is 5.80. The van der Waals surface area contributed by atoms with Gasteiger partial charge in [-0.05, 0) is 12.8 Å². The molecule has 2 rings (SSSR count). The first-order valence-electron chi connectivity index (χ1n) is 5.68. The van der Waals surface area contributed by atoms with E-state index in [2.05, 4.69) is 15.5 Å². The molecule has 98 valence electrons. The second-order valence-electron chi connectivity index (χ2n) is 4.07. The van der Waals surface area contributed by atoms with Crippen LogP contribution >= 0.6 is 0 Å². The smallest absolute Gasteiger partial charge is 0.323 e. The van der Waals surface area contributed by atoms with Gasteiger partial charge in [-0.3, -0.25) is 4.79 Å². The van der Waals surface area contributed by atoms with Gasteiger partial charge in [-0.2, -0.15) is 4.98 Å². The molecule has 0 atom stereocenters. The zero-order valence-corrected chi connectivity index (χ0v) is 9.70. The first kappa shape index (κ1) is 12.3. The number of nitrogens with one attached hydrogen (secondary N) is 1. The fourth-order valence-electron chi connectivity index (χ4n) is 1.58. The van der Waals surface area contributed by atoms with Crippen LogP contribution in [-0.4, -0.2) is 51.3 Å². The summed E-state index contributed by atoms with van der Waals surface area (Å²) in [4.78, 5) is 27.6. The predicted octanol–water partition coefficient (Wildman–Crippen LogP) is -0.129. The summed E-state index contributed by atoms with van der Waals surface area (Å²) in [5.74, 6) is -0.569. The molecule has 1 saturated carbocycles. The molecule has 0 bridgehead atoms. The molecule has 1 aliphatic carbocycles. The first-order chi connectivity index (χ1) is 8.66. The van der Waals surface area contributed by atoms with E-state index in [1.165, 1.54) is 11.2 Å². The Morgan fingerprint density at radius 1 is 1.56 bits per heavy atom. The molecule has 0 radical (unpaired) electrons. The van der Waals surface area contributed by atoms with E-state index in [1.807, 2.05) is 0 Å². The van der Waals surface area contributed by atoms with Crippen molar-refractivity contribution in [3.05, 3.63) is 12.2 Å². The lowest BCUT2D eigenvalue weighted by molar-refractivity contribution is -0.137. The van der Waals surface area contributed by atoms with Crippen molar-refractivity contribution in [3.8, 4) is 0 Å². The van der Waals surface area contributed by atoms with Crippen molar-refractivity contribution < 1.29 is 19.2 Å². The van der Waals surface area contributed by atoms with Crippen LogP contribution in [0, 0.1) is 0 Å². The SMILES string of the molecule is O=C(O)CN(C(=O)NCCc1ncno1)C1CC1. The van der Waals surface area contributed by atoms with Crippen molar-refractivity contribution >= 4 is 12.0 Å². The van der Waals surface area contributed by atoms with Crippen LogP contribution in [0.2, 0.25) is 0 Å². The Balaban J connectivity index is 1.76. The van der Waals surface area contributed by atoms with Gasteiger partial charge in [0.05, 0.1) is 0 Å². The van der Waals surface area contributed by atoms with E-state index in [4.69, 9.17) is 9.63 Å². The number of amides is 2. The topological polar surface area (TPSA) is 109 Å². The average Bonchev–Trinajstić information content (AvgIpc) is 3.03. The molecule has 8 nitrogen and oxygen atoms in total. The van der Waals surface area contributed by atoms with E-state index >= 15 is 0 Å². The van der Waals surface area contributed by atoms with Gasteiger partial charge >= 0.3 is 12.0 Å². The van der Waals surface area contributed by atoms with Crippen molar-refractivity contribution in [2.45, 2.75) is 25.3 Å². The molecule has 2 N–H and O–H groups in total. The van der Waals surface area contributed by atoms with Gasteiger partial charge in [-0.1, -0.05) is 5.16 Å². The molecule has 1 fully saturated rings. The third kappa shape index (κ3) is 3.44. The second kappa shape index (κ2) is 5.48. The van der Waals surface area contributed by atoms with Gasteiger partial charge in [0.1, 0.15) is 6.54 Å². The Hall–Kier alpha value is -2.12. The third-order valence-electron chi connectivity index (χ3n) is 2.58. The summed E-state index contributed by atoms with van der Waals surface area (Å²) in [6, 6.07) is -0.302. The highest BCUT2D eigenvalue weighted by Gasteiger charge is 2.33. The van der Waals surface area contributed by atoms with Crippen molar-refractivity contribution in [2.75, 3.05) is 13.1 Å². The molecule has 1 aliphatic rings. The average molecular weight is 254 g/mol. The molecule has 0 spiro atoms. The number of carboxylic acid groups (broad SMARTS) is 1. The Bertz CT molecular complexity index is 416. The number of carboxylic acids is 1. The second-order valence-corrected chi connectivity index (χ2v) is 4.07. The number of carbonyl (C=O) groups is 2. The zero-order chi connectivity index (χ0) is 13.0. The molecule has 1 aromatic heterocycles. The van der Waals surface area contributed by atoms with Crippen LogP contribution in [-0.2, 0) is 11.2 Å². The fourth-order valence-corrected chi connectivity index (χ4v) is 1.58. The van der Waals surface area contributed by atoms with Gasteiger partial charge in [-0.15, -0.1) is 0 Å². The summed E-state index contributed by atoms with van der Waals surface area (Å²) in [5.41, 5.74) is 0. The van der Waals surface area contributed by atoms with E-state index in [9.17, 15) is 9.59 Å². The molecule has 2 amide bonds. The summed E-state index contributed by atoms with van der Waals surface area (Å²) in [6.07, 6.45) is 3.45. The number of nitrogens with zero attached hydrogens (tertiary/aromatic N) is 3. The normalized spacial score (nSPS) is 14.2. The number of aromatic nitrogens is 2. The van der Waals surface area contributed by atoms with E-state index in [-0.39, 0.29) is 18.6 Å². The Kier molecular flexibility index (Phi) is 3.75. The summed E-state index contributed by atoms with van der Waals surface area (Å²) in [6.45, 7) is 0.0704. The number of urea groups is 1. The van der Waals surface area contributed by atoms with Crippen LogP contribution in [0.15, 0.2) is 10.9 Å². The lowest BCUT2D eigenvalue weighted by atomic mass is 10.4. The van der Waals surface area contributed by atoms with Crippen molar-refractivity contribution in [2.24, 2.45) is 0 Å². The molecule has 0 unspecified atom stereocenters. The number of rotatable bonds is 6. The zero-order valence-electron chi connectivity index (χ0n) is 9.70. The van der Waals surface area contributed by atoms with Crippen LogP contribution < -0.4 is 5.32 Å². The molecule has 0 saturated heterocycles. The molecular weight excluding hydrogens is 240 g/mol. The van der Waals surface area contributed by atoms with E-state index in [0.717, 1.165) is 12.8 Å². The largest absolute Gasteiger partial charge is 0.480 e. The van der Waals surface area contributed by atoms with Gasteiger partial charge in [0.2, 0.25) is 5.89 Å². The van der Waals surface area contributed by atoms with Crippen molar-refractivity contribution in [1.29, 1.82) is 0 Å². The summed E-state index contributed by atoms with van der Waals surface area (Å²) in [7, 11) is 0. The lowest BCUT2D eigenvalue weighted by Crippen LogP contribution is -2.44. The quantitative estimate of drug-likeness (QED) is 0.732. The molecular formula is C10H14N4O4. The molecule has 0 aliphatic heterocycles. The van der Waals surface area contributed by atoms with E-state index < -0.39 is 5.97 Å². The molecule has 1 heterocycles. The standard InChI is InChI=1S/C10H14N4O4/c15-9(16)5-14(7-1-2-7)10(17)11-4-3-8-12-6-13-18-8/h6-7H,1-5H2,(H,11,17)(H,15,16). The van der Waals surface area contributed by atoms with Crippen molar-refractivity contribution in [1.82, 2.24) is 20.4 Å². The van der Waals surface area contributed by atoms with Gasteiger partial charge < -0.3 is 19.8 Å². The molecule has 8 heteroatoms. The van der Waals surface area contributed by atoms with Crippen LogP contribution in [0.1, 0.15) is 18.7 Å². The third-order valence-corrected chi connectivity index (χ3v) is 2.58. The van der Waals surface area contributed by atoms with Crippen LogP contribution in [0.5, 0.6) is 0 Å². The summed E-state index contributed by atoms with van der Waals surface area (Å²) in [5, 5.41) is 14.8. The van der Waals surface area contributed by atoms with Gasteiger partial charge in [-0.25, -0.2) is 4.79 Å². The molecule has 18 heavy (non-hydrogen) atoms. The number of hydrogen-bond donors (Lipinski definition) is 2. The lowest BCUT2D eigenvalue weighted by Gasteiger charge is -2.20. The number of hydrogen-bond acceptors (Lipinski definition) is 5. The Morgan fingerprint density at radius 2 is 2.33 bits per heavy atom. The predicted molar refractivity (Wildman–Crippen MR) is 58.8 cm³/mol. The monoisotopic (exact) mass is 254 g/mol.